The lowest BCUT2D eigenvalue weighted by molar-refractivity contribution is 0.0798. The molecule has 0 aliphatic carbocycles. The first kappa shape index (κ1) is 15.0. The molecular weight excluding hydrogens is 226 g/mol. The number of ether oxygens (including phenoxy) is 2. The van der Waals surface area contributed by atoms with E-state index in [-0.39, 0.29) is 6.10 Å². The van der Waals surface area contributed by atoms with Gasteiger partial charge in [0.2, 0.25) is 0 Å². The molecule has 0 bridgehead atoms. The quantitative estimate of drug-likeness (QED) is 0.770. The average Bonchev–Trinajstić information content (AvgIpc) is 2.32. The zero-order chi connectivity index (χ0) is 13.4. The van der Waals surface area contributed by atoms with Crippen LogP contribution in [0.3, 0.4) is 0 Å². The van der Waals surface area contributed by atoms with Crippen LogP contribution in [-0.2, 0) is 4.74 Å². The van der Waals surface area contributed by atoms with Crippen LogP contribution in [-0.4, -0.2) is 32.9 Å². The van der Waals surface area contributed by atoms with Gasteiger partial charge in [0.15, 0.2) is 0 Å². The molecule has 1 atom stereocenters. The highest BCUT2D eigenvalue weighted by Crippen LogP contribution is 2.17. The minimum absolute atomic E-state index is 0.0508. The number of hydrogen-bond acceptors (Lipinski definition) is 3. The van der Waals surface area contributed by atoms with Gasteiger partial charge in [-0.3, -0.25) is 0 Å². The van der Waals surface area contributed by atoms with Crippen LogP contribution in [0.1, 0.15) is 19.4 Å². The number of nitrogens with one attached hydrogen (secondary N) is 1. The van der Waals surface area contributed by atoms with Crippen molar-refractivity contribution >= 4 is 0 Å². The molecule has 0 aromatic heterocycles. The van der Waals surface area contributed by atoms with E-state index in [1.165, 1.54) is 0 Å². The molecule has 3 heteroatoms. The Kier molecular flexibility index (Phi) is 6.76. The van der Waals surface area contributed by atoms with Crippen molar-refractivity contribution in [3.63, 3.8) is 0 Å². The van der Waals surface area contributed by atoms with Gasteiger partial charge in [0.05, 0.1) is 6.61 Å². The Morgan fingerprint density at radius 2 is 1.89 bits per heavy atom. The van der Waals surface area contributed by atoms with Gasteiger partial charge in [-0.05, 0) is 31.0 Å². The molecule has 0 fully saturated rings. The molecule has 0 aliphatic heterocycles. The SMILES string of the molecule is COCC(CNCC(C)C)Oc1ccccc1C. The highest BCUT2D eigenvalue weighted by molar-refractivity contribution is 5.31. The minimum atomic E-state index is 0.0508. The fourth-order valence-corrected chi connectivity index (χ4v) is 1.72. The second-order valence-corrected chi connectivity index (χ2v) is 5.01. The van der Waals surface area contributed by atoms with Gasteiger partial charge < -0.3 is 14.8 Å². The Hall–Kier alpha value is -1.06. The van der Waals surface area contributed by atoms with Crippen molar-refractivity contribution in [3.05, 3.63) is 29.8 Å². The maximum atomic E-state index is 5.98. The van der Waals surface area contributed by atoms with Crippen LogP contribution in [0.2, 0.25) is 0 Å². The molecule has 0 saturated carbocycles. The van der Waals surface area contributed by atoms with Gasteiger partial charge in [-0.1, -0.05) is 32.0 Å². The van der Waals surface area contributed by atoms with Crippen molar-refractivity contribution < 1.29 is 9.47 Å². The molecule has 18 heavy (non-hydrogen) atoms. The number of rotatable bonds is 8. The summed E-state index contributed by atoms with van der Waals surface area (Å²) in [6.07, 6.45) is 0.0508. The van der Waals surface area contributed by atoms with Gasteiger partial charge >= 0.3 is 0 Å². The van der Waals surface area contributed by atoms with Crippen LogP contribution in [0.25, 0.3) is 0 Å². The topological polar surface area (TPSA) is 30.5 Å². The van der Waals surface area contributed by atoms with E-state index in [0.717, 1.165) is 24.4 Å². The number of aryl methyl sites for hydroxylation is 1. The van der Waals surface area contributed by atoms with Crippen LogP contribution >= 0.6 is 0 Å². The Morgan fingerprint density at radius 3 is 2.50 bits per heavy atom. The van der Waals surface area contributed by atoms with E-state index in [4.69, 9.17) is 9.47 Å². The Bertz CT molecular complexity index is 339. The van der Waals surface area contributed by atoms with Crippen molar-refractivity contribution in [3.8, 4) is 5.75 Å². The number of methoxy groups -OCH3 is 1. The molecule has 3 nitrogen and oxygen atoms in total. The van der Waals surface area contributed by atoms with Gasteiger partial charge in [0.1, 0.15) is 11.9 Å². The molecule has 0 heterocycles. The van der Waals surface area contributed by atoms with E-state index in [9.17, 15) is 0 Å². The van der Waals surface area contributed by atoms with Crippen LogP contribution in [0.15, 0.2) is 24.3 Å². The molecule has 1 aromatic rings. The first-order valence-electron chi connectivity index (χ1n) is 6.55. The number of hydrogen-bond donors (Lipinski definition) is 1. The summed E-state index contributed by atoms with van der Waals surface area (Å²) >= 11 is 0. The third-order valence-electron chi connectivity index (χ3n) is 2.66. The monoisotopic (exact) mass is 251 g/mol. The van der Waals surface area contributed by atoms with Crippen molar-refractivity contribution in [2.75, 3.05) is 26.8 Å². The van der Waals surface area contributed by atoms with Gasteiger partial charge in [-0.15, -0.1) is 0 Å². The van der Waals surface area contributed by atoms with Crippen molar-refractivity contribution in [1.29, 1.82) is 0 Å². The summed E-state index contributed by atoms with van der Waals surface area (Å²) in [4.78, 5) is 0. The maximum Gasteiger partial charge on any atom is 0.134 e. The smallest absolute Gasteiger partial charge is 0.134 e. The molecule has 102 valence electrons. The molecule has 1 unspecified atom stereocenters. The van der Waals surface area contributed by atoms with E-state index < -0.39 is 0 Å². The van der Waals surface area contributed by atoms with E-state index in [1.807, 2.05) is 18.2 Å². The molecule has 1 N–H and O–H groups in total. The Morgan fingerprint density at radius 1 is 1.17 bits per heavy atom. The lowest BCUT2D eigenvalue weighted by Crippen LogP contribution is -2.36. The highest BCUT2D eigenvalue weighted by Gasteiger charge is 2.11. The third-order valence-corrected chi connectivity index (χ3v) is 2.66. The van der Waals surface area contributed by atoms with Crippen LogP contribution in [0.4, 0.5) is 0 Å². The second kappa shape index (κ2) is 8.11. The Labute approximate surface area is 110 Å². The average molecular weight is 251 g/mol. The molecule has 0 radical (unpaired) electrons. The van der Waals surface area contributed by atoms with Crippen molar-refractivity contribution in [2.45, 2.75) is 26.9 Å². The van der Waals surface area contributed by atoms with Crippen molar-refractivity contribution in [2.24, 2.45) is 5.92 Å². The third kappa shape index (κ3) is 5.52. The zero-order valence-corrected chi connectivity index (χ0v) is 11.9. The summed E-state index contributed by atoms with van der Waals surface area (Å²) in [5.74, 6) is 1.58. The molecule has 0 spiro atoms. The van der Waals surface area contributed by atoms with E-state index >= 15 is 0 Å². The first-order chi connectivity index (χ1) is 8.63. The molecule has 0 aliphatic rings. The molecular formula is C15H25NO2. The molecule has 0 saturated heterocycles. The standard InChI is InChI=1S/C15H25NO2/c1-12(2)9-16-10-14(11-17-4)18-15-8-6-5-7-13(15)3/h5-8,12,14,16H,9-11H2,1-4H3. The first-order valence-corrected chi connectivity index (χ1v) is 6.55. The van der Waals surface area contributed by atoms with Gasteiger partial charge in [-0.25, -0.2) is 0 Å². The summed E-state index contributed by atoms with van der Waals surface area (Å²) in [7, 11) is 1.71. The molecule has 1 rings (SSSR count). The van der Waals surface area contributed by atoms with E-state index in [2.05, 4.69) is 32.2 Å². The fraction of sp³-hybridized carbons (Fsp3) is 0.600. The fourth-order valence-electron chi connectivity index (χ4n) is 1.72. The Balaban J connectivity index is 2.49. The predicted molar refractivity (Wildman–Crippen MR) is 75.2 cm³/mol. The van der Waals surface area contributed by atoms with Crippen LogP contribution in [0.5, 0.6) is 5.75 Å². The van der Waals surface area contributed by atoms with Gasteiger partial charge in [0.25, 0.3) is 0 Å². The van der Waals surface area contributed by atoms with E-state index in [0.29, 0.717) is 12.5 Å². The summed E-state index contributed by atoms with van der Waals surface area (Å²) in [6, 6.07) is 8.07. The number of benzene rings is 1. The minimum Gasteiger partial charge on any atom is -0.486 e. The van der Waals surface area contributed by atoms with Gasteiger partial charge in [0, 0.05) is 13.7 Å². The zero-order valence-electron chi connectivity index (χ0n) is 11.9. The summed E-state index contributed by atoms with van der Waals surface area (Å²) in [5.41, 5.74) is 1.16. The van der Waals surface area contributed by atoms with Gasteiger partial charge in [-0.2, -0.15) is 0 Å². The second-order valence-electron chi connectivity index (χ2n) is 5.01. The van der Waals surface area contributed by atoms with Crippen molar-refractivity contribution in [1.82, 2.24) is 5.32 Å². The summed E-state index contributed by atoms with van der Waals surface area (Å²) in [5, 5.41) is 3.40. The lowest BCUT2D eigenvalue weighted by Gasteiger charge is -2.20. The van der Waals surface area contributed by atoms with Crippen LogP contribution in [0, 0.1) is 12.8 Å². The summed E-state index contributed by atoms with van der Waals surface area (Å²) < 4.78 is 11.2. The largest absolute Gasteiger partial charge is 0.486 e. The predicted octanol–water partition coefficient (Wildman–Crippen LogP) is 2.63. The molecule has 1 aromatic carbocycles. The lowest BCUT2D eigenvalue weighted by atomic mass is 10.2. The number of para-hydroxylation sites is 1. The summed E-state index contributed by atoms with van der Waals surface area (Å²) in [6.45, 7) is 8.85. The highest BCUT2D eigenvalue weighted by atomic mass is 16.5. The maximum absolute atomic E-state index is 5.98. The normalized spacial score (nSPS) is 12.7. The van der Waals surface area contributed by atoms with E-state index in [1.54, 1.807) is 7.11 Å². The molecule has 0 amide bonds. The van der Waals surface area contributed by atoms with Crippen LogP contribution < -0.4 is 10.1 Å².